The van der Waals surface area contributed by atoms with Crippen LogP contribution in [0.3, 0.4) is 0 Å². The van der Waals surface area contributed by atoms with E-state index in [-0.39, 0.29) is 30.2 Å². The van der Waals surface area contributed by atoms with E-state index in [1.165, 1.54) is 0 Å². The summed E-state index contributed by atoms with van der Waals surface area (Å²) in [6.45, 7) is 12.5. The van der Waals surface area contributed by atoms with Gasteiger partial charge in [-0.05, 0) is 32.1 Å². The normalized spacial score (nSPS) is 34.7. The van der Waals surface area contributed by atoms with Crippen molar-refractivity contribution in [3.05, 3.63) is 24.3 Å². The molecule has 4 heterocycles. The monoisotopic (exact) mass is 517 g/mol. The predicted molar refractivity (Wildman–Crippen MR) is 143 cm³/mol. The number of unbranched alkanes of at least 4 members (excludes halogenated alkanes) is 1. The summed E-state index contributed by atoms with van der Waals surface area (Å²) >= 11 is 1.62. The maximum atomic E-state index is 14.4. The molecule has 3 amide bonds. The molecule has 2 fully saturated rings. The van der Waals surface area contributed by atoms with Gasteiger partial charge in [0.15, 0.2) is 0 Å². The Bertz CT molecular complexity index is 936. The van der Waals surface area contributed by atoms with Crippen molar-refractivity contribution < 1.29 is 19.5 Å². The van der Waals surface area contributed by atoms with Crippen molar-refractivity contribution in [2.45, 2.75) is 81.9 Å². The summed E-state index contributed by atoms with van der Waals surface area (Å²) in [5.41, 5.74) is 0. The number of amides is 3. The smallest absolute Gasteiger partial charge is 0.247 e. The van der Waals surface area contributed by atoms with Crippen LogP contribution in [0.1, 0.15) is 60.3 Å². The molecule has 0 aromatic carbocycles. The third kappa shape index (κ3) is 4.32. The first kappa shape index (κ1) is 27.2. The van der Waals surface area contributed by atoms with E-state index in [1.807, 2.05) is 15.9 Å². The molecule has 0 bridgehead atoms. The highest BCUT2D eigenvalue weighted by atomic mass is 32.2. The second-order valence-electron chi connectivity index (χ2n) is 11.4. The van der Waals surface area contributed by atoms with Gasteiger partial charge in [-0.3, -0.25) is 14.4 Å². The standard InChI is InChI=1S/C28H43N3O4S/c1-6-8-14-30-16-10-12-28-22(21-24(33)29(13-7-2)15-9-11-27(21,5)36-28)25(34)31(23(28)26(30)35)20(18-32)17-19(3)4/h9-12,19-23,32H,6-8,13-18H2,1-5H3/t20-,21+,22+,23?,27-,28+/m1/s1. The zero-order valence-electron chi connectivity index (χ0n) is 22.5. The Labute approximate surface area is 220 Å². The molecule has 8 heteroatoms. The van der Waals surface area contributed by atoms with E-state index in [4.69, 9.17) is 0 Å². The number of aliphatic hydroxyl groups excluding tert-OH is 1. The first-order valence-corrected chi connectivity index (χ1v) is 14.5. The van der Waals surface area contributed by atoms with Crippen LogP contribution in [0.4, 0.5) is 0 Å². The van der Waals surface area contributed by atoms with Gasteiger partial charge in [0.05, 0.1) is 29.2 Å². The molecule has 0 aromatic rings. The van der Waals surface area contributed by atoms with Crippen LogP contribution in [0.2, 0.25) is 0 Å². The first-order chi connectivity index (χ1) is 17.1. The van der Waals surface area contributed by atoms with Crippen LogP contribution in [-0.2, 0) is 14.4 Å². The number of hydrogen-bond donors (Lipinski definition) is 1. The van der Waals surface area contributed by atoms with Crippen LogP contribution >= 0.6 is 11.8 Å². The van der Waals surface area contributed by atoms with Gasteiger partial charge < -0.3 is 19.8 Å². The van der Waals surface area contributed by atoms with Crippen molar-refractivity contribution in [2.75, 3.05) is 32.8 Å². The number of carbonyl (C=O) groups is 3. The van der Waals surface area contributed by atoms with Crippen LogP contribution in [-0.4, -0.2) is 91.9 Å². The number of thioether (sulfide) groups is 1. The maximum Gasteiger partial charge on any atom is 0.247 e. The second kappa shape index (κ2) is 10.5. The zero-order valence-corrected chi connectivity index (χ0v) is 23.3. The highest BCUT2D eigenvalue weighted by molar-refractivity contribution is 8.02. The van der Waals surface area contributed by atoms with Crippen LogP contribution in [0.25, 0.3) is 0 Å². The number of rotatable bonds is 9. The summed E-state index contributed by atoms with van der Waals surface area (Å²) in [7, 11) is 0. The van der Waals surface area contributed by atoms with Gasteiger partial charge >= 0.3 is 0 Å². The Hall–Kier alpha value is -1.80. The number of aliphatic hydroxyl groups is 1. The number of nitrogens with zero attached hydrogens (tertiary/aromatic N) is 3. The molecule has 4 aliphatic heterocycles. The molecule has 36 heavy (non-hydrogen) atoms. The van der Waals surface area contributed by atoms with Crippen molar-refractivity contribution in [3.8, 4) is 0 Å². The molecule has 0 radical (unpaired) electrons. The zero-order chi connectivity index (χ0) is 26.3. The van der Waals surface area contributed by atoms with Gasteiger partial charge in [0.2, 0.25) is 17.7 Å². The van der Waals surface area contributed by atoms with Crippen LogP contribution < -0.4 is 0 Å². The fourth-order valence-corrected chi connectivity index (χ4v) is 8.94. The lowest BCUT2D eigenvalue weighted by atomic mass is 9.74. The van der Waals surface area contributed by atoms with Crippen molar-refractivity contribution >= 4 is 29.5 Å². The van der Waals surface area contributed by atoms with E-state index in [1.54, 1.807) is 16.7 Å². The Morgan fingerprint density at radius 1 is 0.972 bits per heavy atom. The molecule has 1 spiro atoms. The van der Waals surface area contributed by atoms with Crippen LogP contribution in [0.5, 0.6) is 0 Å². The number of likely N-dealkylation sites (tertiary alicyclic amines) is 1. The average Bonchev–Trinajstić information content (AvgIpc) is 3.11. The fraction of sp³-hybridized carbons (Fsp3) is 0.750. The summed E-state index contributed by atoms with van der Waals surface area (Å²) in [5, 5.41) is 10.4. The van der Waals surface area contributed by atoms with E-state index in [0.717, 1.165) is 19.3 Å². The number of hydrogen-bond acceptors (Lipinski definition) is 5. The lowest BCUT2D eigenvalue weighted by Gasteiger charge is -2.40. The molecule has 0 saturated carbocycles. The topological polar surface area (TPSA) is 81.2 Å². The maximum absolute atomic E-state index is 14.4. The predicted octanol–water partition coefficient (Wildman–Crippen LogP) is 3.09. The van der Waals surface area contributed by atoms with Crippen molar-refractivity contribution in [1.29, 1.82) is 0 Å². The second-order valence-corrected chi connectivity index (χ2v) is 13.2. The van der Waals surface area contributed by atoms with Crippen LogP contribution in [0, 0.1) is 17.8 Å². The van der Waals surface area contributed by atoms with Gasteiger partial charge in [-0.1, -0.05) is 58.4 Å². The minimum atomic E-state index is -0.839. The molecule has 0 aromatic heterocycles. The molecule has 1 N–H and O–H groups in total. The molecule has 4 aliphatic rings. The fourth-order valence-electron chi connectivity index (χ4n) is 6.79. The lowest BCUT2D eigenvalue weighted by Crippen LogP contribution is -2.57. The van der Waals surface area contributed by atoms with Crippen molar-refractivity contribution in [1.82, 2.24) is 14.7 Å². The lowest BCUT2D eigenvalue weighted by molar-refractivity contribution is -0.147. The van der Waals surface area contributed by atoms with Crippen molar-refractivity contribution in [3.63, 3.8) is 0 Å². The van der Waals surface area contributed by atoms with Gasteiger partial charge in [-0.2, -0.15) is 0 Å². The number of carbonyl (C=O) groups excluding carboxylic acids is 3. The van der Waals surface area contributed by atoms with E-state index in [9.17, 15) is 19.5 Å². The Balaban J connectivity index is 1.86. The first-order valence-electron chi connectivity index (χ1n) is 13.7. The summed E-state index contributed by atoms with van der Waals surface area (Å²) in [5.74, 6) is -1.15. The van der Waals surface area contributed by atoms with Crippen LogP contribution in [0.15, 0.2) is 24.3 Å². The molecule has 4 rings (SSSR count). The molecule has 0 aliphatic carbocycles. The summed E-state index contributed by atoms with van der Waals surface area (Å²) in [6, 6.07) is -1.18. The van der Waals surface area contributed by atoms with E-state index in [0.29, 0.717) is 32.6 Å². The van der Waals surface area contributed by atoms with Crippen molar-refractivity contribution in [2.24, 2.45) is 17.8 Å². The highest BCUT2D eigenvalue weighted by Crippen LogP contribution is 2.65. The molecular weight excluding hydrogens is 474 g/mol. The third-order valence-corrected chi connectivity index (χ3v) is 10.1. The molecule has 6 atom stereocenters. The molecule has 2 saturated heterocycles. The largest absolute Gasteiger partial charge is 0.394 e. The average molecular weight is 518 g/mol. The van der Waals surface area contributed by atoms with Gasteiger partial charge in [0, 0.05) is 30.9 Å². The minimum Gasteiger partial charge on any atom is -0.394 e. The molecule has 7 nitrogen and oxygen atoms in total. The minimum absolute atomic E-state index is 0.00465. The molecule has 200 valence electrons. The molecular formula is C28H43N3O4S. The highest BCUT2D eigenvalue weighted by Gasteiger charge is 2.74. The van der Waals surface area contributed by atoms with E-state index < -0.39 is 33.4 Å². The Morgan fingerprint density at radius 3 is 2.25 bits per heavy atom. The van der Waals surface area contributed by atoms with Gasteiger partial charge in [0.1, 0.15) is 6.04 Å². The summed E-state index contributed by atoms with van der Waals surface area (Å²) in [6.07, 6.45) is 11.6. The van der Waals surface area contributed by atoms with Gasteiger partial charge in [-0.25, -0.2) is 0 Å². The summed E-state index contributed by atoms with van der Waals surface area (Å²) in [4.78, 5) is 48.1. The molecule has 1 unspecified atom stereocenters. The van der Waals surface area contributed by atoms with Gasteiger partial charge in [0.25, 0.3) is 0 Å². The quantitative estimate of drug-likeness (QED) is 0.476. The van der Waals surface area contributed by atoms with E-state index >= 15 is 0 Å². The number of fused-ring (bicyclic) bond motifs is 2. The SMILES string of the molecule is CCCCN1CC=C[C@]23S[C@]4(C)C=CCN(CCC)C(=O)[C@@H]4[C@H]2C(=O)N([C@@H](CO)CC(C)C)C3C1=O. The Kier molecular flexibility index (Phi) is 7.96. The Morgan fingerprint density at radius 2 is 1.64 bits per heavy atom. The van der Waals surface area contributed by atoms with Gasteiger partial charge in [-0.15, -0.1) is 11.8 Å². The third-order valence-electron chi connectivity index (χ3n) is 8.28. The summed E-state index contributed by atoms with van der Waals surface area (Å²) < 4.78 is -1.42. The van der Waals surface area contributed by atoms with E-state index in [2.05, 4.69) is 52.8 Å².